The van der Waals surface area contributed by atoms with Crippen molar-refractivity contribution in [2.24, 2.45) is 4.99 Å². The van der Waals surface area contributed by atoms with Crippen LogP contribution in [0, 0.1) is 6.92 Å². The van der Waals surface area contributed by atoms with E-state index >= 15 is 0 Å². The van der Waals surface area contributed by atoms with Gasteiger partial charge in [0.05, 0.1) is 17.8 Å². The Kier molecular flexibility index (Phi) is 6.30. The Bertz CT molecular complexity index is 515. The van der Waals surface area contributed by atoms with Gasteiger partial charge in [-0.3, -0.25) is 4.99 Å². The summed E-state index contributed by atoms with van der Waals surface area (Å²) < 4.78 is 0. The number of aliphatic hydroxyl groups is 1. The number of nitrogens with one attached hydrogen (secondary N) is 1. The van der Waals surface area contributed by atoms with Crippen LogP contribution in [0.5, 0.6) is 0 Å². The van der Waals surface area contributed by atoms with Crippen LogP contribution in [0.3, 0.4) is 0 Å². The molecule has 0 saturated heterocycles. The molecule has 21 heavy (non-hydrogen) atoms. The first-order chi connectivity index (χ1) is 9.95. The van der Waals surface area contributed by atoms with E-state index in [9.17, 15) is 5.11 Å². The molecule has 0 amide bonds. The van der Waals surface area contributed by atoms with Crippen LogP contribution in [0.2, 0.25) is 0 Å². The number of aryl methyl sites for hydroxylation is 1. The molecule has 1 aromatic heterocycles. The molecule has 0 unspecified atom stereocenters. The van der Waals surface area contributed by atoms with Crippen LogP contribution in [0.1, 0.15) is 38.8 Å². The number of hydrogen-bond donors (Lipinski definition) is 3. The summed E-state index contributed by atoms with van der Waals surface area (Å²) in [5.74, 6) is 0.717. The zero-order valence-electron chi connectivity index (χ0n) is 13.1. The van der Waals surface area contributed by atoms with E-state index in [1.54, 1.807) is 12.3 Å². The van der Waals surface area contributed by atoms with Crippen LogP contribution >= 0.6 is 0 Å². The fourth-order valence-electron chi connectivity index (χ4n) is 1.99. The average molecular weight is 291 g/mol. The highest BCUT2D eigenvalue weighted by molar-refractivity contribution is 5.78. The minimum Gasteiger partial charge on any atom is -0.394 e. The second-order valence-electron chi connectivity index (χ2n) is 5.33. The van der Waals surface area contributed by atoms with E-state index < -0.39 is 5.54 Å². The van der Waals surface area contributed by atoms with Gasteiger partial charge in [0.2, 0.25) is 5.95 Å². The zero-order chi connectivity index (χ0) is 15.9. The molecule has 6 heteroatoms. The van der Waals surface area contributed by atoms with Crippen molar-refractivity contribution in [3.05, 3.63) is 18.3 Å². The number of aliphatic imine (C=N–C) groups is 1. The van der Waals surface area contributed by atoms with Crippen LogP contribution in [0.25, 0.3) is 0 Å². The van der Waals surface area contributed by atoms with E-state index in [4.69, 9.17) is 5.73 Å². The van der Waals surface area contributed by atoms with Crippen molar-refractivity contribution in [2.45, 2.75) is 45.6 Å². The normalized spacial score (nSPS) is 14.1. The van der Waals surface area contributed by atoms with Crippen LogP contribution < -0.4 is 11.1 Å². The van der Waals surface area contributed by atoms with Crippen molar-refractivity contribution in [1.29, 1.82) is 0 Å². The maximum Gasteiger partial charge on any atom is 0.222 e. The van der Waals surface area contributed by atoms with Crippen molar-refractivity contribution < 1.29 is 5.11 Å². The van der Waals surface area contributed by atoms with E-state index in [0.29, 0.717) is 17.2 Å². The summed E-state index contributed by atoms with van der Waals surface area (Å²) in [4.78, 5) is 12.6. The van der Waals surface area contributed by atoms with Gasteiger partial charge in [-0.1, -0.05) is 32.4 Å². The highest BCUT2D eigenvalue weighted by Gasteiger charge is 2.25. The predicted molar refractivity (Wildman–Crippen MR) is 88.2 cm³/mol. The lowest BCUT2D eigenvalue weighted by atomic mass is 9.96. The van der Waals surface area contributed by atoms with E-state index in [1.807, 2.05) is 13.8 Å². The third-order valence-electron chi connectivity index (χ3n) is 3.24. The minimum atomic E-state index is -0.471. The SMILES string of the molecule is C=C/C=N\c1c(C)nc(N)nc1N[C@@](C)(CO)CCCC. The summed E-state index contributed by atoms with van der Waals surface area (Å²) >= 11 is 0. The fourth-order valence-corrected chi connectivity index (χ4v) is 1.99. The van der Waals surface area contributed by atoms with Crippen molar-refractivity contribution in [3.8, 4) is 0 Å². The van der Waals surface area contributed by atoms with E-state index in [-0.39, 0.29) is 12.6 Å². The number of nitrogens with zero attached hydrogens (tertiary/aromatic N) is 3. The monoisotopic (exact) mass is 291 g/mol. The Morgan fingerprint density at radius 1 is 1.48 bits per heavy atom. The van der Waals surface area contributed by atoms with Gasteiger partial charge in [-0.2, -0.15) is 4.98 Å². The average Bonchev–Trinajstić information content (AvgIpc) is 2.44. The zero-order valence-corrected chi connectivity index (χ0v) is 13.1. The number of aliphatic hydroxyl groups excluding tert-OH is 1. The molecule has 0 bridgehead atoms. The number of aromatic nitrogens is 2. The van der Waals surface area contributed by atoms with Crippen LogP contribution in [-0.2, 0) is 0 Å². The maximum atomic E-state index is 9.69. The van der Waals surface area contributed by atoms with Crippen molar-refractivity contribution in [2.75, 3.05) is 17.7 Å². The summed E-state index contributed by atoms with van der Waals surface area (Å²) in [7, 11) is 0. The predicted octanol–water partition coefficient (Wildman–Crippen LogP) is 2.61. The molecule has 0 aliphatic carbocycles. The number of nitrogens with two attached hydrogens (primary N) is 1. The lowest BCUT2D eigenvalue weighted by molar-refractivity contribution is 0.212. The number of allylic oxidation sites excluding steroid dienone is 1. The number of anilines is 2. The molecule has 1 heterocycles. The highest BCUT2D eigenvalue weighted by atomic mass is 16.3. The van der Waals surface area contributed by atoms with Crippen LogP contribution in [0.15, 0.2) is 17.6 Å². The first kappa shape index (κ1) is 17.1. The van der Waals surface area contributed by atoms with Crippen molar-refractivity contribution >= 4 is 23.7 Å². The molecule has 6 nitrogen and oxygen atoms in total. The molecule has 1 rings (SSSR count). The number of unbranched alkanes of at least 4 members (excludes halogenated alkanes) is 1. The summed E-state index contributed by atoms with van der Waals surface area (Å²) in [5.41, 5.74) is 6.54. The minimum absolute atomic E-state index is 0.000563. The Hall–Kier alpha value is -1.95. The Labute approximate surface area is 126 Å². The topological polar surface area (TPSA) is 96.4 Å². The number of nitrogen functional groups attached to an aromatic ring is 1. The van der Waals surface area contributed by atoms with E-state index in [1.165, 1.54) is 0 Å². The molecule has 0 saturated carbocycles. The van der Waals surface area contributed by atoms with Crippen molar-refractivity contribution in [3.63, 3.8) is 0 Å². The number of rotatable bonds is 8. The van der Waals surface area contributed by atoms with Gasteiger partial charge in [0.1, 0.15) is 5.69 Å². The lowest BCUT2D eigenvalue weighted by Crippen LogP contribution is -2.39. The molecule has 1 aromatic rings. The molecule has 1 atom stereocenters. The van der Waals surface area contributed by atoms with Gasteiger partial charge in [-0.05, 0) is 20.3 Å². The smallest absolute Gasteiger partial charge is 0.222 e. The van der Waals surface area contributed by atoms with Crippen LogP contribution in [0.4, 0.5) is 17.5 Å². The van der Waals surface area contributed by atoms with Gasteiger partial charge in [-0.15, -0.1) is 0 Å². The van der Waals surface area contributed by atoms with Crippen LogP contribution in [-0.4, -0.2) is 33.4 Å². The third kappa shape index (κ3) is 4.82. The molecule has 0 radical (unpaired) electrons. The Morgan fingerprint density at radius 3 is 2.76 bits per heavy atom. The molecule has 116 valence electrons. The van der Waals surface area contributed by atoms with E-state index in [2.05, 4.69) is 33.8 Å². The van der Waals surface area contributed by atoms with Gasteiger partial charge in [0.15, 0.2) is 5.82 Å². The second kappa shape index (κ2) is 7.73. The maximum absolute atomic E-state index is 9.69. The summed E-state index contributed by atoms with van der Waals surface area (Å²) in [6, 6.07) is 0. The first-order valence-corrected chi connectivity index (χ1v) is 7.14. The summed E-state index contributed by atoms with van der Waals surface area (Å²) in [6.45, 7) is 9.50. The van der Waals surface area contributed by atoms with Gasteiger partial charge < -0.3 is 16.2 Å². The molecule has 4 N–H and O–H groups in total. The largest absolute Gasteiger partial charge is 0.394 e. The standard InChI is InChI=1S/C15H25N5O/c1-5-7-8-15(4,10-21)20-13-12(17-9-6-2)11(3)18-14(16)19-13/h6,9,21H,2,5,7-8,10H2,1,3-4H3,(H3,16,18,19,20)/b17-9-/t15-/m1/s1. The molecular weight excluding hydrogens is 266 g/mol. The molecule has 0 aliphatic rings. The Balaban J connectivity index is 3.15. The summed E-state index contributed by atoms with van der Waals surface area (Å²) in [5, 5.41) is 13.0. The highest BCUT2D eigenvalue weighted by Crippen LogP contribution is 2.30. The molecule has 0 fully saturated rings. The van der Waals surface area contributed by atoms with Crippen molar-refractivity contribution in [1.82, 2.24) is 9.97 Å². The fraction of sp³-hybridized carbons (Fsp3) is 0.533. The number of hydrogen-bond acceptors (Lipinski definition) is 6. The third-order valence-corrected chi connectivity index (χ3v) is 3.24. The van der Waals surface area contributed by atoms with E-state index in [0.717, 1.165) is 19.3 Å². The molecule has 0 spiro atoms. The van der Waals surface area contributed by atoms with Gasteiger partial charge in [0, 0.05) is 6.21 Å². The summed E-state index contributed by atoms with van der Waals surface area (Å²) in [6.07, 6.45) is 6.06. The second-order valence-corrected chi connectivity index (χ2v) is 5.33. The molecule has 0 aromatic carbocycles. The molecular formula is C15H25N5O. The van der Waals surface area contributed by atoms with Gasteiger partial charge >= 0.3 is 0 Å². The van der Waals surface area contributed by atoms with Gasteiger partial charge in [-0.25, -0.2) is 4.98 Å². The Morgan fingerprint density at radius 2 is 2.19 bits per heavy atom. The molecule has 0 aliphatic heterocycles. The van der Waals surface area contributed by atoms with Gasteiger partial charge in [0.25, 0.3) is 0 Å². The lowest BCUT2D eigenvalue weighted by Gasteiger charge is -2.30. The quantitative estimate of drug-likeness (QED) is 0.640. The first-order valence-electron chi connectivity index (χ1n) is 7.14.